The Morgan fingerprint density at radius 3 is 2.55 bits per heavy atom. The van der Waals surface area contributed by atoms with Gasteiger partial charge in [-0.15, -0.1) is 0 Å². The number of hydrogen-bond acceptors (Lipinski definition) is 5. The van der Waals surface area contributed by atoms with Gasteiger partial charge in [0.1, 0.15) is 5.82 Å². The van der Waals surface area contributed by atoms with Crippen molar-refractivity contribution in [3.05, 3.63) is 69.0 Å². The van der Waals surface area contributed by atoms with E-state index in [0.29, 0.717) is 18.0 Å². The molecule has 31 heavy (non-hydrogen) atoms. The summed E-state index contributed by atoms with van der Waals surface area (Å²) >= 11 is 5.79. The fraction of sp³-hybridized carbons (Fsp3) is 0.200. The van der Waals surface area contributed by atoms with E-state index in [1.54, 1.807) is 0 Å². The summed E-state index contributed by atoms with van der Waals surface area (Å²) in [6.45, 7) is 3.87. The van der Waals surface area contributed by atoms with Crippen molar-refractivity contribution in [1.29, 1.82) is 0 Å². The van der Waals surface area contributed by atoms with Gasteiger partial charge in [-0.2, -0.15) is 5.10 Å². The number of pyridine rings is 1. The molecule has 0 saturated carbocycles. The average molecular weight is 450 g/mol. The van der Waals surface area contributed by atoms with Crippen molar-refractivity contribution in [2.45, 2.75) is 20.4 Å². The number of nitrogens with one attached hydrogen (secondary N) is 3. The molecule has 0 atom stereocenters. The van der Waals surface area contributed by atoms with E-state index >= 15 is 0 Å². The molecule has 0 aliphatic carbocycles. The van der Waals surface area contributed by atoms with Crippen LogP contribution in [0.5, 0.6) is 5.88 Å². The lowest BCUT2D eigenvalue weighted by Gasteiger charge is -2.12. The average Bonchev–Trinajstić information content (AvgIpc) is 3.17. The number of H-pyrrole nitrogens is 1. The number of carbonyl (C=O) groups is 2. The maximum absolute atomic E-state index is 13.4. The lowest BCUT2D eigenvalue weighted by atomic mass is 10.1. The summed E-state index contributed by atoms with van der Waals surface area (Å²) in [5.41, 5.74) is 2.15. The number of aromatic nitrogens is 3. The third-order valence-electron chi connectivity index (χ3n) is 4.37. The molecule has 162 valence electrons. The largest absolute Gasteiger partial charge is 0.481 e. The molecule has 0 bridgehead atoms. The second-order valence-electron chi connectivity index (χ2n) is 6.62. The number of methoxy groups -OCH3 is 1. The molecule has 8 nitrogen and oxygen atoms in total. The second-order valence-corrected chi connectivity index (χ2v) is 7.03. The standard InChI is InChI=1S/C20H18ClF2N5O3/c1-9-4-10(2)25-20(31-3)12(9)8-24-19(30)16-7-17(28-27-16)26-18(29)11-5-14(22)15(23)6-13(11)21/h4-7H,8H2,1-3H3,(H,24,30)(H2,26,27,28,29). The van der Waals surface area contributed by atoms with Crippen molar-refractivity contribution in [3.8, 4) is 5.88 Å². The first-order chi connectivity index (χ1) is 14.7. The smallest absolute Gasteiger partial charge is 0.272 e. The van der Waals surface area contributed by atoms with Crippen LogP contribution in [0.1, 0.15) is 37.7 Å². The summed E-state index contributed by atoms with van der Waals surface area (Å²) in [4.78, 5) is 29.0. The summed E-state index contributed by atoms with van der Waals surface area (Å²) in [6.07, 6.45) is 0. The Kier molecular flexibility index (Phi) is 6.50. The lowest BCUT2D eigenvalue weighted by Crippen LogP contribution is -2.24. The number of anilines is 1. The van der Waals surface area contributed by atoms with Crippen LogP contribution in [0, 0.1) is 25.5 Å². The summed E-state index contributed by atoms with van der Waals surface area (Å²) < 4.78 is 31.8. The Morgan fingerprint density at radius 2 is 1.84 bits per heavy atom. The number of halogens is 3. The number of carbonyl (C=O) groups excluding carboxylic acids is 2. The Balaban J connectivity index is 1.68. The van der Waals surface area contributed by atoms with Gasteiger partial charge in [-0.05, 0) is 37.6 Å². The van der Waals surface area contributed by atoms with E-state index in [2.05, 4.69) is 25.8 Å². The molecule has 0 saturated heterocycles. The molecule has 0 unspecified atom stereocenters. The van der Waals surface area contributed by atoms with E-state index < -0.39 is 23.4 Å². The van der Waals surface area contributed by atoms with Crippen molar-refractivity contribution >= 4 is 29.2 Å². The van der Waals surface area contributed by atoms with E-state index in [9.17, 15) is 18.4 Å². The Labute approximate surface area is 181 Å². The molecule has 0 fully saturated rings. The summed E-state index contributed by atoms with van der Waals surface area (Å²) in [7, 11) is 1.49. The lowest BCUT2D eigenvalue weighted by molar-refractivity contribution is 0.0944. The van der Waals surface area contributed by atoms with Crippen LogP contribution in [0.2, 0.25) is 5.02 Å². The maximum Gasteiger partial charge on any atom is 0.272 e. The first kappa shape index (κ1) is 22.2. The number of amides is 2. The molecule has 3 rings (SSSR count). The topological polar surface area (TPSA) is 109 Å². The van der Waals surface area contributed by atoms with Crippen LogP contribution in [0.3, 0.4) is 0 Å². The molecular formula is C20H18ClF2N5O3. The predicted molar refractivity (Wildman–Crippen MR) is 109 cm³/mol. The molecule has 1 aromatic carbocycles. The van der Waals surface area contributed by atoms with Crippen molar-refractivity contribution in [2.75, 3.05) is 12.4 Å². The van der Waals surface area contributed by atoms with Gasteiger partial charge >= 0.3 is 0 Å². The number of rotatable bonds is 6. The fourth-order valence-corrected chi connectivity index (χ4v) is 3.10. The third kappa shape index (κ3) is 4.97. The highest BCUT2D eigenvalue weighted by atomic mass is 35.5. The minimum absolute atomic E-state index is 0.00312. The zero-order valence-electron chi connectivity index (χ0n) is 16.8. The number of nitrogens with zero attached hydrogens (tertiary/aromatic N) is 2. The highest BCUT2D eigenvalue weighted by molar-refractivity contribution is 6.34. The highest BCUT2D eigenvalue weighted by Crippen LogP contribution is 2.22. The van der Waals surface area contributed by atoms with Gasteiger partial charge in [0.05, 0.1) is 17.7 Å². The maximum atomic E-state index is 13.4. The van der Waals surface area contributed by atoms with E-state index in [0.717, 1.165) is 16.8 Å². The summed E-state index contributed by atoms with van der Waals surface area (Å²) in [5.74, 6) is -3.21. The van der Waals surface area contributed by atoms with Gasteiger partial charge in [0.2, 0.25) is 5.88 Å². The van der Waals surface area contributed by atoms with Gasteiger partial charge in [-0.25, -0.2) is 13.8 Å². The fourth-order valence-electron chi connectivity index (χ4n) is 2.86. The molecule has 0 aliphatic rings. The monoisotopic (exact) mass is 449 g/mol. The van der Waals surface area contributed by atoms with Crippen LogP contribution in [0.4, 0.5) is 14.6 Å². The number of hydrogen-bond donors (Lipinski definition) is 3. The zero-order valence-corrected chi connectivity index (χ0v) is 17.5. The van der Waals surface area contributed by atoms with Crippen LogP contribution >= 0.6 is 11.6 Å². The van der Waals surface area contributed by atoms with Crippen LogP contribution in [-0.2, 0) is 6.54 Å². The molecule has 0 aliphatic heterocycles. The molecule has 3 N–H and O–H groups in total. The van der Waals surface area contributed by atoms with Gasteiger partial charge in [0.25, 0.3) is 11.8 Å². The van der Waals surface area contributed by atoms with Crippen molar-refractivity contribution < 1.29 is 23.1 Å². The first-order valence-corrected chi connectivity index (χ1v) is 9.38. The SMILES string of the molecule is COc1nc(C)cc(C)c1CNC(=O)c1cc(NC(=O)c2cc(F)c(F)cc2Cl)[nH]n1. The van der Waals surface area contributed by atoms with E-state index in [-0.39, 0.29) is 28.6 Å². The normalized spacial score (nSPS) is 10.6. The van der Waals surface area contributed by atoms with Crippen LogP contribution in [0.25, 0.3) is 0 Å². The van der Waals surface area contributed by atoms with Gasteiger partial charge in [0, 0.05) is 23.9 Å². The second kappa shape index (κ2) is 9.09. The van der Waals surface area contributed by atoms with Crippen LogP contribution in [-0.4, -0.2) is 34.1 Å². The minimum Gasteiger partial charge on any atom is -0.481 e. The third-order valence-corrected chi connectivity index (χ3v) is 4.68. The molecule has 3 aromatic rings. The molecule has 0 radical (unpaired) electrons. The molecule has 2 aromatic heterocycles. The molecule has 2 amide bonds. The summed E-state index contributed by atoms with van der Waals surface area (Å²) in [5, 5.41) is 11.2. The molecular weight excluding hydrogens is 432 g/mol. The predicted octanol–water partition coefficient (Wildman–Crippen LogP) is 3.54. The highest BCUT2D eigenvalue weighted by Gasteiger charge is 2.18. The minimum atomic E-state index is -1.21. The van der Waals surface area contributed by atoms with Crippen molar-refractivity contribution in [1.82, 2.24) is 20.5 Å². The van der Waals surface area contributed by atoms with E-state index in [1.807, 2.05) is 19.9 Å². The Bertz CT molecular complexity index is 1170. The van der Waals surface area contributed by atoms with Crippen LogP contribution in [0.15, 0.2) is 24.3 Å². The van der Waals surface area contributed by atoms with Crippen LogP contribution < -0.4 is 15.4 Å². The van der Waals surface area contributed by atoms with Gasteiger partial charge < -0.3 is 15.4 Å². The number of aromatic amines is 1. The number of ether oxygens (including phenoxy) is 1. The number of aryl methyl sites for hydroxylation is 2. The Hall–Kier alpha value is -3.53. The quantitative estimate of drug-likeness (QED) is 0.499. The zero-order chi connectivity index (χ0) is 22.7. The molecule has 0 spiro atoms. The van der Waals surface area contributed by atoms with Gasteiger partial charge in [-0.1, -0.05) is 11.6 Å². The van der Waals surface area contributed by atoms with Crippen molar-refractivity contribution in [2.24, 2.45) is 0 Å². The van der Waals surface area contributed by atoms with E-state index in [4.69, 9.17) is 16.3 Å². The van der Waals surface area contributed by atoms with E-state index in [1.165, 1.54) is 13.2 Å². The van der Waals surface area contributed by atoms with Gasteiger partial charge in [-0.3, -0.25) is 14.7 Å². The van der Waals surface area contributed by atoms with Crippen molar-refractivity contribution in [3.63, 3.8) is 0 Å². The van der Waals surface area contributed by atoms with Gasteiger partial charge in [0.15, 0.2) is 17.3 Å². The molecule has 2 heterocycles. The summed E-state index contributed by atoms with van der Waals surface area (Å²) in [6, 6.07) is 4.55. The first-order valence-electron chi connectivity index (χ1n) is 9.00. The Morgan fingerprint density at radius 1 is 1.13 bits per heavy atom. The molecule has 11 heteroatoms. The number of benzene rings is 1.